The van der Waals surface area contributed by atoms with Crippen molar-refractivity contribution >= 4 is 21.8 Å². The summed E-state index contributed by atoms with van der Waals surface area (Å²) >= 11 is 3.44. The number of halogens is 1. The van der Waals surface area contributed by atoms with Crippen LogP contribution in [0.2, 0.25) is 0 Å². The van der Waals surface area contributed by atoms with Gasteiger partial charge in [0.1, 0.15) is 5.69 Å². The molecule has 1 aliphatic rings. The molecule has 5 nitrogen and oxygen atoms in total. The third kappa shape index (κ3) is 2.95. The molecule has 0 bridgehead atoms. The summed E-state index contributed by atoms with van der Waals surface area (Å²) in [6.45, 7) is 0.623. The number of rotatable bonds is 5. The molecule has 0 unspecified atom stereocenters. The summed E-state index contributed by atoms with van der Waals surface area (Å²) in [5.41, 5.74) is 1.87. The SMILES string of the molecule is Cn1cc(CCNC(=O)c2cc(Br)cn2C2CC2)cn1. The topological polar surface area (TPSA) is 51.9 Å². The van der Waals surface area contributed by atoms with Crippen molar-refractivity contribution in [2.45, 2.75) is 25.3 Å². The monoisotopic (exact) mass is 336 g/mol. The molecule has 1 saturated carbocycles. The average Bonchev–Trinajstić information content (AvgIpc) is 3.06. The first-order chi connectivity index (χ1) is 9.63. The van der Waals surface area contributed by atoms with Crippen LogP contribution >= 0.6 is 15.9 Å². The van der Waals surface area contributed by atoms with Crippen LogP contribution in [0.3, 0.4) is 0 Å². The van der Waals surface area contributed by atoms with E-state index in [1.54, 1.807) is 4.68 Å². The first-order valence-electron chi connectivity index (χ1n) is 6.76. The second-order valence-corrected chi connectivity index (χ2v) is 6.13. The van der Waals surface area contributed by atoms with Gasteiger partial charge in [-0.05, 0) is 46.8 Å². The number of aromatic nitrogens is 3. The van der Waals surface area contributed by atoms with Crippen molar-refractivity contribution in [1.29, 1.82) is 0 Å². The molecule has 0 spiro atoms. The number of carbonyl (C=O) groups excluding carboxylic acids is 1. The second kappa shape index (κ2) is 5.44. The molecule has 20 heavy (non-hydrogen) atoms. The maximum absolute atomic E-state index is 12.2. The summed E-state index contributed by atoms with van der Waals surface area (Å²) < 4.78 is 4.80. The Bertz CT molecular complexity index is 627. The largest absolute Gasteiger partial charge is 0.350 e. The van der Waals surface area contributed by atoms with Gasteiger partial charge in [-0.3, -0.25) is 9.48 Å². The molecule has 1 fully saturated rings. The molecule has 3 rings (SSSR count). The highest BCUT2D eigenvalue weighted by molar-refractivity contribution is 9.10. The Hall–Kier alpha value is -1.56. The Morgan fingerprint density at radius 1 is 1.50 bits per heavy atom. The zero-order valence-corrected chi connectivity index (χ0v) is 12.9. The van der Waals surface area contributed by atoms with Crippen LogP contribution in [0.5, 0.6) is 0 Å². The first-order valence-corrected chi connectivity index (χ1v) is 7.56. The van der Waals surface area contributed by atoms with E-state index in [-0.39, 0.29) is 5.91 Å². The highest BCUT2D eigenvalue weighted by Crippen LogP contribution is 2.37. The fourth-order valence-electron chi connectivity index (χ4n) is 2.29. The summed E-state index contributed by atoms with van der Waals surface area (Å²) in [7, 11) is 1.89. The second-order valence-electron chi connectivity index (χ2n) is 5.21. The highest BCUT2D eigenvalue weighted by Gasteiger charge is 2.27. The lowest BCUT2D eigenvalue weighted by Gasteiger charge is -2.08. The van der Waals surface area contributed by atoms with Crippen molar-refractivity contribution in [2.24, 2.45) is 7.05 Å². The molecule has 0 atom stereocenters. The Morgan fingerprint density at radius 2 is 2.30 bits per heavy atom. The van der Waals surface area contributed by atoms with Crippen molar-refractivity contribution in [3.63, 3.8) is 0 Å². The molecule has 0 radical (unpaired) electrons. The number of hydrogen-bond donors (Lipinski definition) is 1. The number of amides is 1. The van der Waals surface area contributed by atoms with E-state index < -0.39 is 0 Å². The Balaban J connectivity index is 1.59. The average molecular weight is 337 g/mol. The van der Waals surface area contributed by atoms with Gasteiger partial charge in [0.05, 0.1) is 6.20 Å². The minimum atomic E-state index is -0.00788. The molecule has 1 aliphatic carbocycles. The molecule has 0 aliphatic heterocycles. The minimum absolute atomic E-state index is 0.00788. The molecule has 6 heteroatoms. The van der Waals surface area contributed by atoms with Crippen molar-refractivity contribution in [3.05, 3.63) is 40.4 Å². The van der Waals surface area contributed by atoms with Crippen LogP contribution in [-0.4, -0.2) is 26.8 Å². The van der Waals surface area contributed by atoms with Crippen LogP contribution in [0, 0.1) is 0 Å². The van der Waals surface area contributed by atoms with Crippen molar-refractivity contribution in [3.8, 4) is 0 Å². The minimum Gasteiger partial charge on any atom is -0.350 e. The molecule has 2 aromatic heterocycles. The molecule has 2 heterocycles. The van der Waals surface area contributed by atoms with Gasteiger partial charge in [0, 0.05) is 36.5 Å². The van der Waals surface area contributed by atoms with Gasteiger partial charge < -0.3 is 9.88 Å². The van der Waals surface area contributed by atoms with Gasteiger partial charge in [-0.1, -0.05) is 0 Å². The molecule has 1 N–H and O–H groups in total. The van der Waals surface area contributed by atoms with Crippen LogP contribution in [0.15, 0.2) is 29.1 Å². The van der Waals surface area contributed by atoms with E-state index in [9.17, 15) is 4.79 Å². The summed E-state index contributed by atoms with van der Waals surface area (Å²) in [6.07, 6.45) is 8.91. The summed E-state index contributed by atoms with van der Waals surface area (Å²) in [4.78, 5) is 12.2. The third-order valence-corrected chi connectivity index (χ3v) is 3.88. The molecule has 0 saturated heterocycles. The zero-order valence-electron chi connectivity index (χ0n) is 11.3. The van der Waals surface area contributed by atoms with Gasteiger partial charge in [-0.2, -0.15) is 5.10 Å². The smallest absolute Gasteiger partial charge is 0.267 e. The molecular weight excluding hydrogens is 320 g/mol. The predicted molar refractivity (Wildman–Crippen MR) is 79.6 cm³/mol. The van der Waals surface area contributed by atoms with E-state index in [1.807, 2.05) is 31.7 Å². The number of nitrogens with one attached hydrogen (secondary N) is 1. The number of carbonyl (C=O) groups is 1. The molecule has 0 aromatic carbocycles. The molecule has 106 valence electrons. The zero-order chi connectivity index (χ0) is 14.1. The van der Waals surface area contributed by atoms with Gasteiger partial charge in [0.25, 0.3) is 5.91 Å². The molecule has 1 amide bonds. The molecule has 2 aromatic rings. The lowest BCUT2D eigenvalue weighted by atomic mass is 10.2. The van der Waals surface area contributed by atoms with Crippen LogP contribution < -0.4 is 5.32 Å². The fourth-order valence-corrected chi connectivity index (χ4v) is 2.73. The van der Waals surface area contributed by atoms with Crippen LogP contribution in [0.4, 0.5) is 0 Å². The number of nitrogens with zero attached hydrogens (tertiary/aromatic N) is 3. The van der Waals surface area contributed by atoms with Gasteiger partial charge in [-0.15, -0.1) is 0 Å². The van der Waals surface area contributed by atoms with Gasteiger partial charge >= 0.3 is 0 Å². The standard InChI is InChI=1S/C14H17BrN4O/c1-18-8-10(7-17-18)4-5-16-14(20)13-6-11(15)9-19(13)12-2-3-12/h6-9,12H,2-5H2,1H3,(H,16,20). The van der Waals surface area contributed by atoms with Crippen molar-refractivity contribution in [2.75, 3.05) is 6.54 Å². The van der Waals surface area contributed by atoms with E-state index in [2.05, 4.69) is 30.9 Å². The Kier molecular flexibility index (Phi) is 3.65. The van der Waals surface area contributed by atoms with Gasteiger partial charge in [0.15, 0.2) is 0 Å². The fraction of sp³-hybridized carbons (Fsp3) is 0.429. The molecular formula is C14H17BrN4O. The van der Waals surface area contributed by atoms with E-state index in [0.717, 1.165) is 35.0 Å². The van der Waals surface area contributed by atoms with E-state index in [4.69, 9.17) is 0 Å². The number of hydrogen-bond acceptors (Lipinski definition) is 2. The summed E-state index contributed by atoms with van der Waals surface area (Å²) in [6, 6.07) is 2.39. The number of aryl methyl sites for hydroxylation is 1. The summed E-state index contributed by atoms with van der Waals surface area (Å²) in [5.74, 6) is -0.00788. The van der Waals surface area contributed by atoms with E-state index >= 15 is 0 Å². The van der Waals surface area contributed by atoms with Crippen molar-refractivity contribution in [1.82, 2.24) is 19.7 Å². The Labute approximate surface area is 126 Å². The third-order valence-electron chi connectivity index (χ3n) is 3.45. The lowest BCUT2D eigenvalue weighted by molar-refractivity contribution is 0.0944. The lowest BCUT2D eigenvalue weighted by Crippen LogP contribution is -2.27. The predicted octanol–water partition coefficient (Wildman–Crippen LogP) is 2.29. The van der Waals surface area contributed by atoms with Crippen LogP contribution in [0.25, 0.3) is 0 Å². The van der Waals surface area contributed by atoms with Gasteiger partial charge in [0.2, 0.25) is 0 Å². The van der Waals surface area contributed by atoms with Crippen LogP contribution in [0.1, 0.15) is 34.9 Å². The van der Waals surface area contributed by atoms with Gasteiger partial charge in [-0.25, -0.2) is 0 Å². The normalized spacial score (nSPS) is 14.5. The summed E-state index contributed by atoms with van der Waals surface area (Å²) in [5, 5.41) is 7.09. The Morgan fingerprint density at radius 3 is 2.95 bits per heavy atom. The van der Waals surface area contributed by atoms with Crippen LogP contribution in [-0.2, 0) is 13.5 Å². The quantitative estimate of drug-likeness (QED) is 0.910. The first kappa shape index (κ1) is 13.4. The maximum Gasteiger partial charge on any atom is 0.267 e. The van der Waals surface area contributed by atoms with E-state index in [1.165, 1.54) is 0 Å². The highest BCUT2D eigenvalue weighted by atomic mass is 79.9. The van der Waals surface area contributed by atoms with Crippen molar-refractivity contribution < 1.29 is 4.79 Å². The maximum atomic E-state index is 12.2. The van der Waals surface area contributed by atoms with E-state index in [0.29, 0.717) is 12.6 Å².